The van der Waals surface area contributed by atoms with Crippen LogP contribution in [0, 0.1) is 10.1 Å². The zero-order chi connectivity index (χ0) is 14.8. The fourth-order valence-electron chi connectivity index (χ4n) is 1.85. The number of fused-ring (bicyclic) bond motifs is 1. The van der Waals surface area contributed by atoms with Crippen molar-refractivity contribution in [3.63, 3.8) is 0 Å². The molecule has 0 fully saturated rings. The Kier molecular flexibility index (Phi) is 3.20. The first-order valence-corrected chi connectivity index (χ1v) is 5.96. The maximum Gasteiger partial charge on any atom is 0.301 e. The van der Waals surface area contributed by atoms with Crippen LogP contribution in [0.4, 0.5) is 5.69 Å². The second kappa shape index (κ2) is 5.17. The minimum Gasteiger partial charge on any atom is -0.455 e. The predicted octanol–water partition coefficient (Wildman–Crippen LogP) is 2.42. The van der Waals surface area contributed by atoms with E-state index in [2.05, 4.69) is 14.9 Å². The van der Waals surface area contributed by atoms with Crippen LogP contribution in [0.15, 0.2) is 41.0 Å². The van der Waals surface area contributed by atoms with E-state index in [1.807, 2.05) is 0 Å². The molecule has 8 heteroatoms. The van der Waals surface area contributed by atoms with Crippen LogP contribution in [0.2, 0.25) is 0 Å². The van der Waals surface area contributed by atoms with Crippen molar-refractivity contribution in [1.29, 1.82) is 0 Å². The molecule has 0 unspecified atom stereocenters. The van der Waals surface area contributed by atoms with E-state index in [9.17, 15) is 10.1 Å². The molecule has 0 radical (unpaired) electrons. The number of aliphatic hydroxyl groups is 1. The quantitative estimate of drug-likeness (QED) is 0.579. The van der Waals surface area contributed by atoms with Gasteiger partial charge in [0.05, 0.1) is 11.5 Å². The largest absolute Gasteiger partial charge is 0.455 e. The predicted molar refractivity (Wildman–Crippen MR) is 70.9 cm³/mol. The Labute approximate surface area is 117 Å². The SMILES string of the molecule is O=[N+]([O-])c1ccc(Oc2ccc(CO)cc2)c2nonc12. The standard InChI is InChI=1S/C13H9N3O5/c17-7-8-1-3-9(4-2-8)20-11-6-5-10(16(18)19)12-13(11)15-21-14-12/h1-6,17H,7H2. The van der Waals surface area contributed by atoms with E-state index in [1.54, 1.807) is 24.3 Å². The molecule has 0 aliphatic heterocycles. The molecule has 0 atom stereocenters. The molecule has 1 aromatic heterocycles. The van der Waals surface area contributed by atoms with Gasteiger partial charge in [-0.15, -0.1) is 0 Å². The van der Waals surface area contributed by atoms with E-state index in [-0.39, 0.29) is 23.3 Å². The van der Waals surface area contributed by atoms with Crippen molar-refractivity contribution in [2.24, 2.45) is 0 Å². The Morgan fingerprint density at radius 3 is 2.52 bits per heavy atom. The molecule has 0 aliphatic carbocycles. The number of nitro groups is 1. The van der Waals surface area contributed by atoms with Gasteiger partial charge in [0.15, 0.2) is 11.3 Å². The Morgan fingerprint density at radius 1 is 1.14 bits per heavy atom. The maximum atomic E-state index is 10.9. The smallest absolute Gasteiger partial charge is 0.301 e. The van der Waals surface area contributed by atoms with E-state index in [1.165, 1.54) is 12.1 Å². The van der Waals surface area contributed by atoms with Crippen LogP contribution in [0.5, 0.6) is 11.5 Å². The normalized spacial score (nSPS) is 10.7. The van der Waals surface area contributed by atoms with Crippen molar-refractivity contribution in [3.05, 3.63) is 52.1 Å². The first-order valence-electron chi connectivity index (χ1n) is 5.96. The number of nitro benzene ring substituents is 1. The molecular weight excluding hydrogens is 278 g/mol. The van der Waals surface area contributed by atoms with E-state index in [0.29, 0.717) is 11.5 Å². The highest BCUT2D eigenvalue weighted by Crippen LogP contribution is 2.33. The van der Waals surface area contributed by atoms with Crippen molar-refractivity contribution in [2.45, 2.75) is 6.61 Å². The first-order chi connectivity index (χ1) is 10.2. The van der Waals surface area contributed by atoms with Crippen LogP contribution >= 0.6 is 0 Å². The van der Waals surface area contributed by atoms with Crippen molar-refractivity contribution >= 4 is 16.7 Å². The van der Waals surface area contributed by atoms with Crippen LogP contribution in [-0.2, 0) is 6.61 Å². The molecule has 0 amide bonds. The lowest BCUT2D eigenvalue weighted by Crippen LogP contribution is -1.92. The average Bonchev–Trinajstić information content (AvgIpc) is 2.98. The van der Waals surface area contributed by atoms with Gasteiger partial charge in [-0.2, -0.15) is 0 Å². The molecule has 106 valence electrons. The van der Waals surface area contributed by atoms with Crippen LogP contribution in [-0.4, -0.2) is 20.3 Å². The molecule has 8 nitrogen and oxygen atoms in total. The minimum absolute atomic E-state index is 0.0319. The average molecular weight is 287 g/mol. The summed E-state index contributed by atoms with van der Waals surface area (Å²) in [4.78, 5) is 10.3. The second-order valence-corrected chi connectivity index (χ2v) is 4.21. The third-order valence-electron chi connectivity index (χ3n) is 2.89. The molecule has 0 aliphatic rings. The molecule has 1 N–H and O–H groups in total. The lowest BCUT2D eigenvalue weighted by Gasteiger charge is -2.06. The zero-order valence-electron chi connectivity index (χ0n) is 10.6. The Hall–Kier alpha value is -3.00. The van der Waals surface area contributed by atoms with Crippen LogP contribution in [0.1, 0.15) is 5.56 Å². The van der Waals surface area contributed by atoms with Crippen molar-refractivity contribution in [3.8, 4) is 11.5 Å². The molecule has 21 heavy (non-hydrogen) atoms. The van der Waals surface area contributed by atoms with Gasteiger partial charge in [-0.1, -0.05) is 12.1 Å². The number of rotatable bonds is 4. The Balaban J connectivity index is 1.99. The number of ether oxygens (including phenoxy) is 1. The summed E-state index contributed by atoms with van der Waals surface area (Å²) in [5, 5.41) is 27.0. The van der Waals surface area contributed by atoms with E-state index in [0.717, 1.165) is 5.56 Å². The van der Waals surface area contributed by atoms with Gasteiger partial charge in [0.1, 0.15) is 5.75 Å². The minimum atomic E-state index is -0.563. The summed E-state index contributed by atoms with van der Waals surface area (Å²) in [7, 11) is 0. The number of aliphatic hydroxyl groups excluding tert-OH is 1. The van der Waals surface area contributed by atoms with Gasteiger partial charge in [0, 0.05) is 6.07 Å². The van der Waals surface area contributed by atoms with Crippen LogP contribution in [0.25, 0.3) is 11.0 Å². The molecule has 3 rings (SSSR count). The van der Waals surface area contributed by atoms with Crippen LogP contribution < -0.4 is 4.74 Å². The number of benzene rings is 2. The molecule has 0 saturated heterocycles. The lowest BCUT2D eigenvalue weighted by atomic mass is 10.2. The second-order valence-electron chi connectivity index (χ2n) is 4.21. The van der Waals surface area contributed by atoms with Crippen molar-refractivity contribution in [2.75, 3.05) is 0 Å². The number of hydrogen-bond donors (Lipinski definition) is 1. The number of nitrogens with zero attached hydrogens (tertiary/aromatic N) is 3. The summed E-state index contributed by atoms with van der Waals surface area (Å²) in [5.74, 6) is 0.805. The molecule has 0 spiro atoms. The maximum absolute atomic E-state index is 10.9. The summed E-state index contributed by atoms with van der Waals surface area (Å²) in [5.41, 5.74) is 0.758. The molecule has 3 aromatic rings. The highest BCUT2D eigenvalue weighted by Gasteiger charge is 2.20. The van der Waals surface area contributed by atoms with Gasteiger partial charge in [-0.05, 0) is 34.1 Å². The highest BCUT2D eigenvalue weighted by atomic mass is 16.6. The molecule has 0 saturated carbocycles. The molecule has 0 bridgehead atoms. The van der Waals surface area contributed by atoms with Gasteiger partial charge in [0.25, 0.3) is 0 Å². The monoisotopic (exact) mass is 287 g/mol. The Bertz CT molecular complexity index is 797. The molecular formula is C13H9N3O5. The summed E-state index contributed by atoms with van der Waals surface area (Å²) in [6.07, 6.45) is 0. The number of aromatic nitrogens is 2. The summed E-state index contributed by atoms with van der Waals surface area (Å²) in [6.45, 7) is -0.0603. The zero-order valence-corrected chi connectivity index (χ0v) is 10.6. The van der Waals surface area contributed by atoms with E-state index >= 15 is 0 Å². The summed E-state index contributed by atoms with van der Waals surface area (Å²) in [6, 6.07) is 9.48. The lowest BCUT2D eigenvalue weighted by molar-refractivity contribution is -0.383. The van der Waals surface area contributed by atoms with Gasteiger partial charge >= 0.3 is 5.69 Å². The number of non-ortho nitro benzene ring substituents is 1. The third-order valence-corrected chi connectivity index (χ3v) is 2.89. The van der Waals surface area contributed by atoms with E-state index in [4.69, 9.17) is 9.84 Å². The highest BCUT2D eigenvalue weighted by molar-refractivity contribution is 5.88. The van der Waals surface area contributed by atoms with Gasteiger partial charge in [-0.3, -0.25) is 10.1 Å². The Morgan fingerprint density at radius 2 is 1.86 bits per heavy atom. The van der Waals surface area contributed by atoms with E-state index < -0.39 is 4.92 Å². The first kappa shape index (κ1) is 13.0. The van der Waals surface area contributed by atoms with Crippen LogP contribution in [0.3, 0.4) is 0 Å². The fourth-order valence-corrected chi connectivity index (χ4v) is 1.85. The summed E-state index contributed by atoms with van der Waals surface area (Å²) < 4.78 is 10.2. The fraction of sp³-hybridized carbons (Fsp3) is 0.0769. The van der Waals surface area contributed by atoms with Gasteiger partial charge in [0.2, 0.25) is 5.52 Å². The third kappa shape index (κ3) is 2.39. The molecule has 1 heterocycles. The molecule has 2 aromatic carbocycles. The van der Waals surface area contributed by atoms with Gasteiger partial charge < -0.3 is 9.84 Å². The number of hydrogen-bond acceptors (Lipinski definition) is 7. The van der Waals surface area contributed by atoms with Gasteiger partial charge in [-0.25, -0.2) is 4.63 Å². The van der Waals surface area contributed by atoms with Crippen molar-refractivity contribution < 1.29 is 19.4 Å². The van der Waals surface area contributed by atoms with Crippen molar-refractivity contribution in [1.82, 2.24) is 10.3 Å². The topological polar surface area (TPSA) is 112 Å². The summed E-state index contributed by atoms with van der Waals surface area (Å²) >= 11 is 0.